The van der Waals surface area contributed by atoms with E-state index < -0.39 is 29.0 Å². The predicted molar refractivity (Wildman–Crippen MR) is 105 cm³/mol. The van der Waals surface area contributed by atoms with Gasteiger partial charge in [0.25, 0.3) is 5.91 Å². The van der Waals surface area contributed by atoms with Crippen LogP contribution in [-0.4, -0.2) is 58.8 Å². The number of nitrogens with one attached hydrogen (secondary N) is 1. The van der Waals surface area contributed by atoms with Crippen molar-refractivity contribution in [3.05, 3.63) is 35.6 Å². The highest BCUT2D eigenvalue weighted by Gasteiger charge is 2.50. The summed E-state index contributed by atoms with van der Waals surface area (Å²) in [4.78, 5) is 26.8. The average Bonchev–Trinajstić information content (AvgIpc) is 2.63. The first-order valence-corrected chi connectivity index (χ1v) is 10.5. The number of rotatable bonds is 3. The van der Waals surface area contributed by atoms with Gasteiger partial charge in [-0.05, 0) is 44.7 Å². The SMILES string of the molecule is C[C@]1(O)CC2(CCN(C(=O)C3CCC3)CC2)OC[C@@H]1NC(=O)c1ccccc1F. The van der Waals surface area contributed by atoms with Gasteiger partial charge in [-0.2, -0.15) is 0 Å². The fraction of sp³-hybridized carbons (Fsp3) is 0.636. The number of hydrogen-bond acceptors (Lipinski definition) is 4. The second kappa shape index (κ2) is 7.69. The topological polar surface area (TPSA) is 78.9 Å². The molecule has 4 rings (SSSR count). The Morgan fingerprint density at radius 1 is 1.24 bits per heavy atom. The number of carbonyl (C=O) groups excluding carboxylic acids is 2. The van der Waals surface area contributed by atoms with E-state index in [-0.39, 0.29) is 24.0 Å². The molecule has 2 saturated heterocycles. The summed E-state index contributed by atoms with van der Waals surface area (Å²) in [6.45, 7) is 3.12. The summed E-state index contributed by atoms with van der Waals surface area (Å²) in [5.74, 6) is -0.712. The van der Waals surface area contributed by atoms with Crippen LogP contribution in [0, 0.1) is 11.7 Å². The summed E-state index contributed by atoms with van der Waals surface area (Å²) < 4.78 is 20.0. The van der Waals surface area contributed by atoms with Crippen molar-refractivity contribution < 1.29 is 23.8 Å². The van der Waals surface area contributed by atoms with Crippen LogP contribution in [0.25, 0.3) is 0 Å². The molecule has 2 amide bonds. The Morgan fingerprint density at radius 3 is 2.52 bits per heavy atom. The van der Waals surface area contributed by atoms with E-state index in [9.17, 15) is 19.1 Å². The predicted octanol–water partition coefficient (Wildman–Crippen LogP) is 2.26. The van der Waals surface area contributed by atoms with Crippen LogP contribution in [0.2, 0.25) is 0 Å². The van der Waals surface area contributed by atoms with E-state index in [2.05, 4.69) is 5.32 Å². The van der Waals surface area contributed by atoms with Gasteiger partial charge < -0.3 is 20.1 Å². The first-order chi connectivity index (χ1) is 13.8. The second-order valence-electron chi connectivity index (χ2n) is 8.99. The Balaban J connectivity index is 1.36. The van der Waals surface area contributed by atoms with E-state index in [4.69, 9.17) is 4.74 Å². The standard InChI is InChI=1S/C22H29FN2O4/c1-21(28)14-22(9-11-25(12-10-22)20(27)15-5-4-6-15)29-13-18(21)24-19(26)16-7-2-3-8-17(16)23/h2-3,7-8,15,18,28H,4-6,9-14H2,1H3,(H,24,26)/t18-,21-/m0/s1. The lowest BCUT2D eigenvalue weighted by Gasteiger charge is -2.51. The Hall–Kier alpha value is -1.99. The molecular formula is C22H29FN2O4. The highest BCUT2D eigenvalue weighted by atomic mass is 19.1. The largest absolute Gasteiger partial charge is 0.388 e. The third-order valence-corrected chi connectivity index (χ3v) is 6.85. The van der Waals surface area contributed by atoms with Crippen molar-refractivity contribution >= 4 is 11.8 Å². The molecule has 158 valence electrons. The van der Waals surface area contributed by atoms with Crippen LogP contribution < -0.4 is 5.32 Å². The van der Waals surface area contributed by atoms with Crippen LogP contribution in [0.15, 0.2) is 24.3 Å². The van der Waals surface area contributed by atoms with Crippen molar-refractivity contribution in [1.29, 1.82) is 0 Å². The minimum Gasteiger partial charge on any atom is -0.388 e. The molecule has 1 aromatic carbocycles. The molecule has 3 fully saturated rings. The van der Waals surface area contributed by atoms with Crippen molar-refractivity contribution in [1.82, 2.24) is 10.2 Å². The molecule has 7 heteroatoms. The lowest BCUT2D eigenvalue weighted by Crippen LogP contribution is -2.64. The molecule has 2 heterocycles. The third-order valence-electron chi connectivity index (χ3n) is 6.85. The van der Waals surface area contributed by atoms with Gasteiger partial charge in [-0.1, -0.05) is 18.6 Å². The van der Waals surface area contributed by atoms with E-state index in [1.54, 1.807) is 13.0 Å². The summed E-state index contributed by atoms with van der Waals surface area (Å²) >= 11 is 0. The van der Waals surface area contributed by atoms with Gasteiger partial charge in [-0.25, -0.2) is 4.39 Å². The van der Waals surface area contributed by atoms with Crippen LogP contribution in [0.4, 0.5) is 4.39 Å². The van der Waals surface area contributed by atoms with Crippen molar-refractivity contribution in [2.45, 2.75) is 62.7 Å². The molecule has 3 aliphatic rings. The monoisotopic (exact) mass is 404 g/mol. The zero-order valence-corrected chi connectivity index (χ0v) is 16.8. The van der Waals surface area contributed by atoms with Gasteiger partial charge in [0, 0.05) is 25.4 Å². The molecule has 0 bridgehead atoms. The molecule has 6 nitrogen and oxygen atoms in total. The second-order valence-corrected chi connectivity index (χ2v) is 8.99. The molecule has 2 atom stereocenters. The molecule has 2 N–H and O–H groups in total. The number of benzene rings is 1. The first kappa shape index (κ1) is 20.3. The summed E-state index contributed by atoms with van der Waals surface area (Å²) in [6, 6.07) is 5.14. The third kappa shape index (κ3) is 4.03. The van der Waals surface area contributed by atoms with Gasteiger partial charge in [0.2, 0.25) is 5.91 Å². The summed E-state index contributed by atoms with van der Waals surface area (Å²) in [6.07, 6.45) is 4.85. The molecule has 0 aromatic heterocycles. The molecule has 0 radical (unpaired) electrons. The van der Waals surface area contributed by atoms with Crippen LogP contribution in [0.5, 0.6) is 0 Å². The Labute approximate surface area is 170 Å². The molecule has 2 aliphatic heterocycles. The van der Waals surface area contributed by atoms with Crippen molar-refractivity contribution in [3.63, 3.8) is 0 Å². The van der Waals surface area contributed by atoms with Crippen LogP contribution >= 0.6 is 0 Å². The van der Waals surface area contributed by atoms with Crippen LogP contribution in [0.1, 0.15) is 55.8 Å². The number of ether oxygens (including phenoxy) is 1. The minimum absolute atomic E-state index is 0.0496. The number of hydrogen-bond donors (Lipinski definition) is 2. The average molecular weight is 404 g/mol. The summed E-state index contributed by atoms with van der Waals surface area (Å²) in [5.41, 5.74) is -1.72. The van der Waals surface area contributed by atoms with E-state index >= 15 is 0 Å². The van der Waals surface area contributed by atoms with Gasteiger partial charge in [0.15, 0.2) is 0 Å². The van der Waals surface area contributed by atoms with E-state index in [1.165, 1.54) is 18.2 Å². The number of likely N-dealkylation sites (tertiary alicyclic amines) is 1. The Bertz CT molecular complexity index is 785. The molecule has 1 saturated carbocycles. The van der Waals surface area contributed by atoms with E-state index in [0.717, 1.165) is 19.3 Å². The van der Waals surface area contributed by atoms with Crippen molar-refractivity contribution in [2.24, 2.45) is 5.92 Å². The number of piperidine rings is 1. The molecule has 1 spiro atoms. The summed E-state index contributed by atoms with van der Waals surface area (Å²) in [7, 11) is 0. The number of amides is 2. The maximum absolute atomic E-state index is 13.9. The Kier molecular flexibility index (Phi) is 5.38. The molecule has 0 unspecified atom stereocenters. The van der Waals surface area contributed by atoms with E-state index in [0.29, 0.717) is 32.4 Å². The molecule has 1 aromatic rings. The van der Waals surface area contributed by atoms with Gasteiger partial charge >= 0.3 is 0 Å². The highest BCUT2D eigenvalue weighted by molar-refractivity contribution is 5.94. The summed E-state index contributed by atoms with van der Waals surface area (Å²) in [5, 5.41) is 13.8. The number of carbonyl (C=O) groups is 2. The maximum atomic E-state index is 13.9. The zero-order chi connectivity index (χ0) is 20.6. The number of aliphatic hydroxyl groups is 1. The smallest absolute Gasteiger partial charge is 0.254 e. The van der Waals surface area contributed by atoms with Crippen LogP contribution in [-0.2, 0) is 9.53 Å². The van der Waals surface area contributed by atoms with Crippen molar-refractivity contribution in [3.8, 4) is 0 Å². The van der Waals surface area contributed by atoms with Gasteiger partial charge in [-0.3, -0.25) is 9.59 Å². The number of halogens is 1. The van der Waals surface area contributed by atoms with Crippen LogP contribution in [0.3, 0.4) is 0 Å². The first-order valence-electron chi connectivity index (χ1n) is 10.5. The lowest BCUT2D eigenvalue weighted by atomic mass is 9.75. The fourth-order valence-electron chi connectivity index (χ4n) is 4.71. The molecule has 1 aliphatic carbocycles. The minimum atomic E-state index is -1.18. The van der Waals surface area contributed by atoms with Gasteiger partial charge in [-0.15, -0.1) is 0 Å². The Morgan fingerprint density at radius 2 is 1.93 bits per heavy atom. The van der Waals surface area contributed by atoms with Gasteiger partial charge in [0.1, 0.15) is 5.82 Å². The fourth-order valence-corrected chi connectivity index (χ4v) is 4.71. The number of nitrogens with zero attached hydrogens (tertiary/aromatic N) is 1. The zero-order valence-electron chi connectivity index (χ0n) is 16.8. The molecular weight excluding hydrogens is 375 g/mol. The van der Waals surface area contributed by atoms with Gasteiger partial charge in [0.05, 0.1) is 29.4 Å². The van der Waals surface area contributed by atoms with E-state index in [1.807, 2.05) is 4.90 Å². The normalized spacial score (nSPS) is 29.3. The lowest BCUT2D eigenvalue weighted by molar-refractivity contribution is -0.188. The molecule has 29 heavy (non-hydrogen) atoms. The highest BCUT2D eigenvalue weighted by Crippen LogP contribution is 2.40. The maximum Gasteiger partial charge on any atom is 0.254 e. The quantitative estimate of drug-likeness (QED) is 0.810. The van der Waals surface area contributed by atoms with Crippen molar-refractivity contribution in [2.75, 3.05) is 19.7 Å².